The summed E-state index contributed by atoms with van der Waals surface area (Å²) < 4.78 is 0. The van der Waals surface area contributed by atoms with E-state index in [2.05, 4.69) is 66.4 Å². The molecule has 2 nitrogen and oxygen atoms in total. The summed E-state index contributed by atoms with van der Waals surface area (Å²) in [6.45, 7) is 4.73. The van der Waals surface area contributed by atoms with Crippen molar-refractivity contribution in [3.63, 3.8) is 0 Å². The predicted molar refractivity (Wildman–Crippen MR) is 123 cm³/mol. The summed E-state index contributed by atoms with van der Waals surface area (Å²) in [6, 6.07) is 20.1. The Morgan fingerprint density at radius 2 is 1.82 bits per heavy atom. The third kappa shape index (κ3) is 3.99. The molecule has 3 aromatic rings. The van der Waals surface area contributed by atoms with Crippen molar-refractivity contribution in [1.29, 1.82) is 0 Å². The molecule has 1 aliphatic carbocycles. The van der Waals surface area contributed by atoms with Gasteiger partial charge in [0.05, 0.1) is 10.7 Å². The van der Waals surface area contributed by atoms with Crippen LogP contribution in [0.1, 0.15) is 40.4 Å². The molecule has 0 bridgehead atoms. The van der Waals surface area contributed by atoms with Crippen molar-refractivity contribution in [1.82, 2.24) is 9.88 Å². The first-order valence-electron chi connectivity index (χ1n) is 9.64. The van der Waals surface area contributed by atoms with Crippen LogP contribution in [0.15, 0.2) is 54.6 Å². The molecule has 0 saturated carbocycles. The Balaban J connectivity index is 0.00000112. The lowest BCUT2D eigenvalue weighted by molar-refractivity contribution is 0.252. The van der Waals surface area contributed by atoms with Crippen molar-refractivity contribution >= 4 is 36.2 Å². The van der Waals surface area contributed by atoms with Crippen LogP contribution in [0.25, 0.3) is 11.3 Å². The van der Waals surface area contributed by atoms with Crippen LogP contribution < -0.4 is 0 Å². The SMILES string of the molecule is C[C@H](c1ccccc1)N1CC[C@H](Cc2nc3c(s2)Cc2ccccc2-3)C1.Cl.Cl. The number of likely N-dealkylation sites (tertiary alicyclic amines) is 1. The molecule has 0 radical (unpaired) electrons. The quantitative estimate of drug-likeness (QED) is 0.382. The molecule has 5 rings (SSSR count). The van der Waals surface area contributed by atoms with Crippen LogP contribution >= 0.6 is 36.2 Å². The summed E-state index contributed by atoms with van der Waals surface area (Å²) in [5, 5.41) is 1.34. The summed E-state index contributed by atoms with van der Waals surface area (Å²) in [7, 11) is 0. The number of fused-ring (bicyclic) bond motifs is 3. The van der Waals surface area contributed by atoms with Gasteiger partial charge in [-0.15, -0.1) is 36.2 Å². The van der Waals surface area contributed by atoms with E-state index in [1.807, 2.05) is 11.3 Å². The first kappa shape index (κ1) is 21.3. The minimum atomic E-state index is 0. The van der Waals surface area contributed by atoms with Crippen molar-refractivity contribution in [3.8, 4) is 11.3 Å². The Bertz CT molecular complexity index is 925. The molecule has 0 amide bonds. The van der Waals surface area contributed by atoms with E-state index in [4.69, 9.17) is 4.98 Å². The van der Waals surface area contributed by atoms with Crippen LogP contribution in [0.2, 0.25) is 0 Å². The van der Waals surface area contributed by atoms with Crippen molar-refractivity contribution in [2.45, 2.75) is 32.2 Å². The maximum Gasteiger partial charge on any atom is 0.0938 e. The molecule has 2 atom stereocenters. The second-order valence-electron chi connectivity index (χ2n) is 7.65. The van der Waals surface area contributed by atoms with Gasteiger partial charge in [-0.2, -0.15) is 0 Å². The smallest absolute Gasteiger partial charge is 0.0938 e. The fraction of sp³-hybridized carbons (Fsp3) is 0.348. The van der Waals surface area contributed by atoms with E-state index in [1.165, 1.54) is 51.8 Å². The van der Waals surface area contributed by atoms with Crippen molar-refractivity contribution < 1.29 is 0 Å². The number of benzene rings is 2. The van der Waals surface area contributed by atoms with Gasteiger partial charge in [0.25, 0.3) is 0 Å². The number of hydrogen-bond donors (Lipinski definition) is 0. The number of nitrogens with zero attached hydrogens (tertiary/aromatic N) is 2. The largest absolute Gasteiger partial charge is 0.296 e. The minimum absolute atomic E-state index is 0. The van der Waals surface area contributed by atoms with E-state index >= 15 is 0 Å². The zero-order valence-corrected chi connectivity index (χ0v) is 18.5. The Hall–Kier alpha value is -1.39. The maximum absolute atomic E-state index is 5.02. The topological polar surface area (TPSA) is 16.1 Å². The molecule has 2 heterocycles. The third-order valence-corrected chi connectivity index (χ3v) is 7.05. The lowest BCUT2D eigenvalue weighted by atomic mass is 10.1. The summed E-state index contributed by atoms with van der Waals surface area (Å²) in [5.41, 5.74) is 5.48. The molecule has 1 aliphatic heterocycles. The summed E-state index contributed by atoms with van der Waals surface area (Å²) in [5.74, 6) is 0.739. The molecule has 148 valence electrons. The average Bonchev–Trinajstić information content (AvgIpc) is 3.37. The van der Waals surface area contributed by atoms with Gasteiger partial charge < -0.3 is 0 Å². The van der Waals surface area contributed by atoms with Crippen molar-refractivity contribution in [2.75, 3.05) is 13.1 Å². The molecule has 1 aromatic heterocycles. The summed E-state index contributed by atoms with van der Waals surface area (Å²) in [4.78, 5) is 9.13. The fourth-order valence-corrected chi connectivity index (χ4v) is 5.69. The van der Waals surface area contributed by atoms with E-state index < -0.39 is 0 Å². The average molecular weight is 433 g/mol. The molecule has 1 saturated heterocycles. The molecule has 28 heavy (non-hydrogen) atoms. The molecule has 2 aromatic carbocycles. The number of rotatable bonds is 4. The lowest BCUT2D eigenvalue weighted by Crippen LogP contribution is -2.24. The van der Waals surface area contributed by atoms with Gasteiger partial charge in [0.15, 0.2) is 0 Å². The van der Waals surface area contributed by atoms with Crippen LogP contribution in [0.3, 0.4) is 0 Å². The Kier molecular flexibility index (Phi) is 6.82. The maximum atomic E-state index is 5.02. The van der Waals surface area contributed by atoms with Crippen molar-refractivity contribution in [3.05, 3.63) is 75.6 Å². The molecule has 5 heteroatoms. The third-order valence-electron chi connectivity index (χ3n) is 5.98. The van der Waals surface area contributed by atoms with Gasteiger partial charge in [-0.05, 0) is 36.9 Å². The Morgan fingerprint density at radius 3 is 2.64 bits per heavy atom. The van der Waals surface area contributed by atoms with Crippen LogP contribution in [0.4, 0.5) is 0 Å². The molecular formula is C23H26Cl2N2S. The van der Waals surface area contributed by atoms with Crippen LogP contribution in [0, 0.1) is 5.92 Å². The number of aromatic nitrogens is 1. The van der Waals surface area contributed by atoms with Gasteiger partial charge >= 0.3 is 0 Å². The summed E-state index contributed by atoms with van der Waals surface area (Å²) >= 11 is 1.94. The van der Waals surface area contributed by atoms with E-state index in [-0.39, 0.29) is 24.8 Å². The molecular weight excluding hydrogens is 407 g/mol. The molecule has 0 spiro atoms. The first-order chi connectivity index (χ1) is 12.8. The predicted octanol–water partition coefficient (Wildman–Crippen LogP) is 6.18. The standard InChI is InChI=1S/C23H24N2S.2ClH/c1-16(18-7-3-2-4-8-18)25-12-11-17(15-25)13-22-24-23-20-10-6-5-9-19(20)14-21(23)26-22;;/h2-10,16-17H,11-15H2,1H3;2*1H/t16-,17-;;/m1../s1. The molecule has 0 unspecified atom stereocenters. The van der Waals surface area contributed by atoms with Gasteiger partial charge in [-0.25, -0.2) is 4.98 Å². The van der Waals surface area contributed by atoms with Crippen LogP contribution in [-0.2, 0) is 12.8 Å². The molecule has 1 fully saturated rings. The van der Waals surface area contributed by atoms with Gasteiger partial charge in [0, 0.05) is 35.9 Å². The number of hydrogen-bond acceptors (Lipinski definition) is 3. The lowest BCUT2D eigenvalue weighted by Gasteiger charge is -2.24. The minimum Gasteiger partial charge on any atom is -0.296 e. The van der Waals surface area contributed by atoms with E-state index in [0.29, 0.717) is 6.04 Å². The highest BCUT2D eigenvalue weighted by atomic mass is 35.5. The summed E-state index contributed by atoms with van der Waals surface area (Å²) in [6.07, 6.45) is 3.50. The number of halogens is 2. The second-order valence-corrected chi connectivity index (χ2v) is 8.82. The van der Waals surface area contributed by atoms with Crippen molar-refractivity contribution in [2.24, 2.45) is 5.92 Å². The van der Waals surface area contributed by atoms with Crippen LogP contribution in [-0.4, -0.2) is 23.0 Å². The van der Waals surface area contributed by atoms with Gasteiger partial charge in [-0.3, -0.25) is 4.90 Å². The molecule has 2 aliphatic rings. The van der Waals surface area contributed by atoms with E-state index in [1.54, 1.807) is 0 Å². The highest BCUT2D eigenvalue weighted by Crippen LogP contribution is 2.40. The normalized spacial score (nSPS) is 18.7. The van der Waals surface area contributed by atoms with E-state index in [9.17, 15) is 0 Å². The fourth-order valence-electron chi connectivity index (χ4n) is 4.47. The van der Waals surface area contributed by atoms with E-state index in [0.717, 1.165) is 18.8 Å². The monoisotopic (exact) mass is 432 g/mol. The Morgan fingerprint density at radius 1 is 1.07 bits per heavy atom. The van der Waals surface area contributed by atoms with Gasteiger partial charge in [0.2, 0.25) is 0 Å². The van der Waals surface area contributed by atoms with Gasteiger partial charge in [-0.1, -0.05) is 54.6 Å². The molecule has 0 N–H and O–H groups in total. The first-order valence-corrected chi connectivity index (χ1v) is 10.5. The highest BCUT2D eigenvalue weighted by molar-refractivity contribution is 7.12. The number of thiazole rings is 1. The second kappa shape index (κ2) is 8.96. The highest BCUT2D eigenvalue weighted by Gasteiger charge is 2.29. The van der Waals surface area contributed by atoms with Gasteiger partial charge in [0.1, 0.15) is 0 Å². The van der Waals surface area contributed by atoms with Crippen LogP contribution in [0.5, 0.6) is 0 Å². The zero-order valence-electron chi connectivity index (χ0n) is 16.0. The zero-order chi connectivity index (χ0) is 17.5. The Labute approximate surface area is 183 Å².